The van der Waals surface area contributed by atoms with Gasteiger partial charge in [0.25, 0.3) is 17.0 Å². The second kappa shape index (κ2) is 9.99. The molecule has 0 unspecified atom stereocenters. The van der Waals surface area contributed by atoms with Crippen LogP contribution in [0.2, 0.25) is 0 Å². The van der Waals surface area contributed by atoms with Gasteiger partial charge in [0.05, 0.1) is 17.9 Å². The minimum Gasteiger partial charge on any atom is -0.468 e. The molecule has 0 aliphatic heterocycles. The third-order valence-corrected chi connectivity index (χ3v) is 4.20. The number of hydrogen-bond donors (Lipinski definition) is 2. The first-order valence-electron chi connectivity index (χ1n) is 9.11. The largest absolute Gasteiger partial charge is 0.468 e. The number of nitrogens with one attached hydrogen (secondary N) is 1. The van der Waals surface area contributed by atoms with E-state index in [4.69, 9.17) is 5.84 Å². The number of nitrogens with zero attached hydrogens (tertiary/aromatic N) is 6. The molecule has 4 aromatic rings. The zero-order chi connectivity index (χ0) is 23.1. The molecule has 4 heterocycles. The SMILES string of the molecule is COC(=O)Cn1cnc2ncccc2c1=O.NNC(=O)Cn1cnc2ncccc2c1=O. The molecule has 0 aliphatic rings. The van der Waals surface area contributed by atoms with Crippen LogP contribution in [0.3, 0.4) is 0 Å². The molecule has 32 heavy (non-hydrogen) atoms. The molecule has 0 saturated carbocycles. The highest BCUT2D eigenvalue weighted by Gasteiger charge is 2.08. The molecule has 0 aromatic carbocycles. The Labute approximate surface area is 179 Å². The first kappa shape index (κ1) is 22.2. The second-order valence-electron chi connectivity index (χ2n) is 6.25. The highest BCUT2D eigenvalue weighted by molar-refractivity contribution is 5.76. The van der Waals surface area contributed by atoms with Crippen molar-refractivity contribution in [1.29, 1.82) is 0 Å². The van der Waals surface area contributed by atoms with Gasteiger partial charge in [-0.3, -0.25) is 33.7 Å². The number of ether oxygens (including phenoxy) is 1. The van der Waals surface area contributed by atoms with Gasteiger partial charge in [-0.15, -0.1) is 0 Å². The third-order valence-electron chi connectivity index (χ3n) is 4.20. The molecule has 0 atom stereocenters. The number of nitrogens with two attached hydrogens (primary N) is 1. The molecule has 0 aliphatic carbocycles. The number of esters is 1. The summed E-state index contributed by atoms with van der Waals surface area (Å²) in [6.45, 7) is -0.305. The minimum absolute atomic E-state index is 0.146. The maximum Gasteiger partial charge on any atom is 0.325 e. The Morgan fingerprint density at radius 1 is 0.906 bits per heavy atom. The summed E-state index contributed by atoms with van der Waals surface area (Å²) in [7, 11) is 1.27. The Bertz CT molecular complexity index is 1290. The summed E-state index contributed by atoms with van der Waals surface area (Å²) in [5.41, 5.74) is 2.05. The van der Waals surface area contributed by atoms with Crippen molar-refractivity contribution >= 4 is 33.9 Å². The lowest BCUT2D eigenvalue weighted by atomic mass is 10.3. The van der Waals surface area contributed by atoms with Gasteiger partial charge in [-0.2, -0.15) is 0 Å². The quantitative estimate of drug-likeness (QED) is 0.169. The van der Waals surface area contributed by atoms with E-state index in [0.717, 1.165) is 0 Å². The number of hydrazine groups is 1. The molecular formula is C19H18N8O5. The maximum atomic E-state index is 11.9. The fourth-order valence-corrected chi connectivity index (χ4v) is 2.63. The molecule has 13 heteroatoms. The van der Waals surface area contributed by atoms with E-state index < -0.39 is 11.9 Å². The molecule has 4 rings (SSSR count). The maximum absolute atomic E-state index is 11.9. The molecule has 0 fully saturated rings. The average Bonchev–Trinajstić information content (AvgIpc) is 2.83. The molecule has 3 N–H and O–H groups in total. The fraction of sp³-hybridized carbons (Fsp3) is 0.158. The van der Waals surface area contributed by atoms with Crippen LogP contribution in [0, 0.1) is 0 Å². The minimum atomic E-state index is -0.493. The van der Waals surface area contributed by atoms with Crippen LogP contribution >= 0.6 is 0 Å². The van der Waals surface area contributed by atoms with Crippen LogP contribution in [0.15, 0.2) is 58.9 Å². The van der Waals surface area contributed by atoms with Crippen LogP contribution in [0.25, 0.3) is 22.1 Å². The molecule has 0 bridgehead atoms. The second-order valence-corrected chi connectivity index (χ2v) is 6.25. The Morgan fingerprint density at radius 2 is 1.41 bits per heavy atom. The van der Waals surface area contributed by atoms with Gasteiger partial charge in [0, 0.05) is 12.4 Å². The molecule has 164 valence electrons. The van der Waals surface area contributed by atoms with Crippen molar-refractivity contribution in [3.8, 4) is 0 Å². The van der Waals surface area contributed by atoms with E-state index in [-0.39, 0.29) is 24.2 Å². The van der Waals surface area contributed by atoms with Crippen LogP contribution in [-0.4, -0.2) is 48.1 Å². The summed E-state index contributed by atoms with van der Waals surface area (Å²) in [4.78, 5) is 61.6. The number of amides is 1. The number of rotatable bonds is 4. The Morgan fingerprint density at radius 3 is 1.88 bits per heavy atom. The smallest absolute Gasteiger partial charge is 0.325 e. The summed E-state index contributed by atoms with van der Waals surface area (Å²) in [6, 6.07) is 6.51. The number of methoxy groups -OCH3 is 1. The standard InChI is InChI=1S/C10H9N3O3.C9H9N5O2/c1-16-8(14)5-13-6-12-9-7(10(13)15)3-2-4-11-9;10-13-7(15)4-14-5-12-8-6(9(14)16)2-1-3-11-8/h2-4,6H,5H2,1H3;1-3,5H,4,10H2,(H,13,15). The number of hydrogen-bond acceptors (Lipinski definition) is 10. The van der Waals surface area contributed by atoms with Crippen LogP contribution < -0.4 is 22.4 Å². The molecule has 0 spiro atoms. The van der Waals surface area contributed by atoms with E-state index >= 15 is 0 Å². The summed E-state index contributed by atoms with van der Waals surface area (Å²) in [5, 5.41) is 0.753. The Kier molecular flexibility index (Phi) is 6.92. The number of carbonyl (C=O) groups is 2. The van der Waals surface area contributed by atoms with E-state index in [1.54, 1.807) is 36.7 Å². The summed E-state index contributed by atoms with van der Waals surface area (Å²) < 4.78 is 6.84. The number of carbonyl (C=O) groups excluding carboxylic acids is 2. The van der Waals surface area contributed by atoms with Gasteiger partial charge in [-0.05, 0) is 24.3 Å². The molecule has 1 amide bonds. The Hall–Kier alpha value is -4.52. The summed E-state index contributed by atoms with van der Waals surface area (Å²) in [5.74, 6) is 3.98. The molecule has 4 aromatic heterocycles. The highest BCUT2D eigenvalue weighted by Crippen LogP contribution is 2.01. The van der Waals surface area contributed by atoms with Crippen molar-refractivity contribution in [1.82, 2.24) is 34.5 Å². The average molecular weight is 438 g/mol. The highest BCUT2D eigenvalue weighted by atomic mass is 16.5. The lowest BCUT2D eigenvalue weighted by Crippen LogP contribution is -2.36. The van der Waals surface area contributed by atoms with Crippen molar-refractivity contribution < 1.29 is 14.3 Å². The van der Waals surface area contributed by atoms with Crippen molar-refractivity contribution in [2.45, 2.75) is 13.1 Å². The van der Waals surface area contributed by atoms with Gasteiger partial charge in [0.15, 0.2) is 11.3 Å². The number of pyridine rings is 2. The predicted molar refractivity (Wildman–Crippen MR) is 112 cm³/mol. The summed E-state index contributed by atoms with van der Waals surface area (Å²) in [6.07, 6.45) is 5.66. The molecule has 0 radical (unpaired) electrons. The molecular weight excluding hydrogens is 420 g/mol. The topological polar surface area (TPSA) is 177 Å². The van der Waals surface area contributed by atoms with Crippen molar-refractivity contribution in [3.05, 3.63) is 70.0 Å². The van der Waals surface area contributed by atoms with E-state index in [9.17, 15) is 19.2 Å². The first-order chi connectivity index (χ1) is 15.4. The van der Waals surface area contributed by atoms with E-state index in [1.165, 1.54) is 28.9 Å². The third kappa shape index (κ3) is 4.96. The van der Waals surface area contributed by atoms with Crippen molar-refractivity contribution in [3.63, 3.8) is 0 Å². The van der Waals surface area contributed by atoms with Gasteiger partial charge in [-0.1, -0.05) is 0 Å². The normalized spacial score (nSPS) is 10.3. The van der Waals surface area contributed by atoms with Crippen LogP contribution in [0.4, 0.5) is 0 Å². The van der Waals surface area contributed by atoms with E-state index in [0.29, 0.717) is 22.1 Å². The lowest BCUT2D eigenvalue weighted by molar-refractivity contribution is -0.141. The van der Waals surface area contributed by atoms with Crippen LogP contribution in [0.5, 0.6) is 0 Å². The van der Waals surface area contributed by atoms with Gasteiger partial charge < -0.3 is 4.74 Å². The lowest BCUT2D eigenvalue weighted by Gasteiger charge is -2.04. The van der Waals surface area contributed by atoms with Gasteiger partial charge >= 0.3 is 5.97 Å². The number of aromatic nitrogens is 6. The molecule has 13 nitrogen and oxygen atoms in total. The summed E-state index contributed by atoms with van der Waals surface area (Å²) >= 11 is 0. The monoisotopic (exact) mass is 438 g/mol. The molecule has 0 saturated heterocycles. The van der Waals surface area contributed by atoms with E-state index in [2.05, 4.69) is 24.7 Å². The first-order valence-corrected chi connectivity index (χ1v) is 9.11. The zero-order valence-electron chi connectivity index (χ0n) is 16.8. The van der Waals surface area contributed by atoms with Gasteiger partial charge in [0.2, 0.25) is 0 Å². The fourth-order valence-electron chi connectivity index (χ4n) is 2.63. The van der Waals surface area contributed by atoms with Crippen molar-refractivity contribution in [2.75, 3.05) is 7.11 Å². The van der Waals surface area contributed by atoms with Crippen LogP contribution in [0.1, 0.15) is 0 Å². The van der Waals surface area contributed by atoms with Crippen molar-refractivity contribution in [2.24, 2.45) is 5.84 Å². The Balaban J connectivity index is 0.000000181. The number of fused-ring (bicyclic) bond motifs is 2. The van der Waals surface area contributed by atoms with Crippen LogP contribution in [-0.2, 0) is 27.4 Å². The predicted octanol–water partition coefficient (Wildman–Crippen LogP) is -1.25. The zero-order valence-corrected chi connectivity index (χ0v) is 16.8. The van der Waals surface area contributed by atoms with E-state index in [1.807, 2.05) is 5.43 Å². The van der Waals surface area contributed by atoms with Gasteiger partial charge in [0.1, 0.15) is 25.7 Å². The van der Waals surface area contributed by atoms with Gasteiger partial charge in [-0.25, -0.2) is 25.8 Å².